The molecule has 1 heterocycles. The summed E-state index contributed by atoms with van der Waals surface area (Å²) in [4.78, 5) is -2.80. The SMILES string of the molecule is ClC(Cl)C1OC(C(Cl)Cl)OC(C(Cl)Cl)O1. The van der Waals surface area contributed by atoms with Gasteiger partial charge in [-0.1, -0.05) is 69.6 Å². The summed E-state index contributed by atoms with van der Waals surface area (Å²) in [5, 5.41) is 0. The number of hydrogen-bond acceptors (Lipinski definition) is 3. The first-order chi connectivity index (χ1) is 6.91. The molecular weight excluding hydrogens is 333 g/mol. The largest absolute Gasteiger partial charge is 0.318 e. The van der Waals surface area contributed by atoms with Gasteiger partial charge in [-0.05, 0) is 0 Å². The molecule has 0 N–H and O–H groups in total. The van der Waals surface area contributed by atoms with E-state index in [1.807, 2.05) is 0 Å². The summed E-state index contributed by atoms with van der Waals surface area (Å²) in [6.45, 7) is 0. The van der Waals surface area contributed by atoms with Gasteiger partial charge in [0.1, 0.15) is 0 Å². The van der Waals surface area contributed by atoms with Crippen molar-refractivity contribution in [3.8, 4) is 0 Å². The smallest absolute Gasteiger partial charge is 0.194 e. The van der Waals surface area contributed by atoms with Crippen molar-refractivity contribution < 1.29 is 14.2 Å². The van der Waals surface area contributed by atoms with Gasteiger partial charge < -0.3 is 14.2 Å². The second-order valence-corrected chi connectivity index (χ2v) is 6.01. The van der Waals surface area contributed by atoms with Crippen LogP contribution in [0.2, 0.25) is 0 Å². The van der Waals surface area contributed by atoms with Crippen LogP contribution in [0.15, 0.2) is 0 Å². The zero-order valence-corrected chi connectivity index (χ0v) is 11.5. The van der Waals surface area contributed by atoms with Gasteiger partial charge in [0.15, 0.2) is 33.4 Å². The Hall–Kier alpha value is 1.62. The minimum absolute atomic E-state index is 0.932. The van der Waals surface area contributed by atoms with Crippen LogP contribution in [0.4, 0.5) is 0 Å². The van der Waals surface area contributed by atoms with Crippen molar-refractivity contribution >= 4 is 69.6 Å². The topological polar surface area (TPSA) is 27.7 Å². The van der Waals surface area contributed by atoms with Gasteiger partial charge in [0.05, 0.1) is 0 Å². The summed E-state index contributed by atoms with van der Waals surface area (Å²) in [5.74, 6) is 0. The van der Waals surface area contributed by atoms with E-state index < -0.39 is 33.4 Å². The number of alkyl halides is 6. The second kappa shape index (κ2) is 6.53. The summed E-state index contributed by atoms with van der Waals surface area (Å²) in [6, 6.07) is 0. The molecule has 0 aromatic heterocycles. The molecule has 0 aromatic carbocycles. The van der Waals surface area contributed by atoms with Gasteiger partial charge in [-0.25, -0.2) is 0 Å². The molecule has 0 spiro atoms. The standard InChI is InChI=1S/C6H6Cl6O3/c7-1(8)4-13-5(2(9)10)15-6(14-4)3(11)12/h1-6H. The Kier molecular flexibility index (Phi) is 6.39. The van der Waals surface area contributed by atoms with Crippen LogP contribution in [0, 0.1) is 0 Å². The normalized spacial score (nSPS) is 33.0. The molecule has 0 bridgehead atoms. The van der Waals surface area contributed by atoms with E-state index in [4.69, 9.17) is 83.8 Å². The summed E-state index contributed by atoms with van der Waals surface area (Å²) in [5.41, 5.74) is 0. The third kappa shape index (κ3) is 4.41. The molecule has 0 atom stereocenters. The average molecular weight is 339 g/mol. The van der Waals surface area contributed by atoms with E-state index in [1.165, 1.54) is 0 Å². The summed E-state index contributed by atoms with van der Waals surface area (Å²) in [7, 11) is 0. The first-order valence-corrected chi connectivity index (χ1v) is 6.34. The summed E-state index contributed by atoms with van der Waals surface area (Å²) < 4.78 is 15.3. The maximum atomic E-state index is 5.58. The lowest BCUT2D eigenvalue weighted by molar-refractivity contribution is -0.371. The van der Waals surface area contributed by atoms with Crippen LogP contribution in [0.25, 0.3) is 0 Å². The van der Waals surface area contributed by atoms with E-state index in [2.05, 4.69) is 0 Å². The highest BCUT2D eigenvalue weighted by atomic mass is 35.5. The molecule has 9 heteroatoms. The molecule has 3 nitrogen and oxygen atoms in total. The minimum Gasteiger partial charge on any atom is -0.318 e. The fraction of sp³-hybridized carbons (Fsp3) is 1.00. The number of halogens is 6. The third-order valence-electron chi connectivity index (χ3n) is 1.42. The lowest BCUT2D eigenvalue weighted by Gasteiger charge is -2.37. The van der Waals surface area contributed by atoms with Gasteiger partial charge >= 0.3 is 0 Å². The Morgan fingerprint density at radius 1 is 0.533 bits per heavy atom. The van der Waals surface area contributed by atoms with E-state index in [0.29, 0.717) is 0 Å². The van der Waals surface area contributed by atoms with Gasteiger partial charge in [-0.2, -0.15) is 0 Å². The van der Waals surface area contributed by atoms with Crippen molar-refractivity contribution in [2.45, 2.75) is 33.4 Å². The quantitative estimate of drug-likeness (QED) is 0.738. The van der Waals surface area contributed by atoms with Crippen LogP contribution in [0.3, 0.4) is 0 Å². The van der Waals surface area contributed by atoms with Crippen molar-refractivity contribution in [3.63, 3.8) is 0 Å². The zero-order valence-electron chi connectivity index (χ0n) is 6.96. The predicted molar refractivity (Wildman–Crippen MR) is 61.1 cm³/mol. The molecule has 15 heavy (non-hydrogen) atoms. The number of hydrogen-bond donors (Lipinski definition) is 0. The van der Waals surface area contributed by atoms with Gasteiger partial charge in [-0.15, -0.1) is 0 Å². The molecule has 1 saturated heterocycles. The number of ether oxygens (including phenoxy) is 3. The molecule has 0 amide bonds. The average Bonchev–Trinajstić information content (AvgIpc) is 2.16. The Balaban J connectivity index is 2.64. The van der Waals surface area contributed by atoms with Crippen LogP contribution >= 0.6 is 69.6 Å². The van der Waals surface area contributed by atoms with E-state index in [0.717, 1.165) is 0 Å². The van der Waals surface area contributed by atoms with Crippen LogP contribution < -0.4 is 0 Å². The fourth-order valence-electron chi connectivity index (χ4n) is 0.849. The third-order valence-corrected chi connectivity index (χ3v) is 2.66. The highest BCUT2D eigenvalue weighted by Gasteiger charge is 2.39. The van der Waals surface area contributed by atoms with Gasteiger partial charge in [0, 0.05) is 0 Å². The fourth-order valence-corrected chi connectivity index (χ4v) is 1.56. The van der Waals surface area contributed by atoms with Gasteiger partial charge in [-0.3, -0.25) is 0 Å². The molecule has 1 aliphatic heterocycles. The highest BCUT2D eigenvalue weighted by Crippen LogP contribution is 2.30. The predicted octanol–water partition coefficient (Wildman–Crippen LogP) is 3.44. The molecule has 0 saturated carbocycles. The van der Waals surface area contributed by atoms with Crippen molar-refractivity contribution in [1.29, 1.82) is 0 Å². The molecular formula is C6H6Cl6O3. The lowest BCUT2D eigenvalue weighted by Crippen LogP contribution is -2.47. The Bertz CT molecular complexity index is 162. The monoisotopic (exact) mass is 336 g/mol. The first-order valence-electron chi connectivity index (χ1n) is 3.72. The molecule has 1 fully saturated rings. The highest BCUT2D eigenvalue weighted by molar-refractivity contribution is 6.45. The summed E-state index contributed by atoms with van der Waals surface area (Å²) in [6.07, 6.45) is -2.84. The van der Waals surface area contributed by atoms with Gasteiger partial charge in [0.2, 0.25) is 0 Å². The first kappa shape index (κ1) is 14.7. The number of rotatable bonds is 3. The molecule has 1 rings (SSSR count). The molecule has 1 aliphatic rings. The maximum Gasteiger partial charge on any atom is 0.194 e. The van der Waals surface area contributed by atoms with E-state index in [-0.39, 0.29) is 0 Å². The zero-order chi connectivity index (χ0) is 11.6. The van der Waals surface area contributed by atoms with Gasteiger partial charge in [0.25, 0.3) is 0 Å². The van der Waals surface area contributed by atoms with Crippen LogP contribution in [-0.2, 0) is 14.2 Å². The van der Waals surface area contributed by atoms with E-state index in [9.17, 15) is 0 Å². The summed E-state index contributed by atoms with van der Waals surface area (Å²) >= 11 is 33.5. The molecule has 0 radical (unpaired) electrons. The van der Waals surface area contributed by atoms with Crippen LogP contribution in [0.1, 0.15) is 0 Å². The second-order valence-electron chi connectivity index (χ2n) is 2.52. The van der Waals surface area contributed by atoms with E-state index in [1.54, 1.807) is 0 Å². The molecule has 0 aliphatic carbocycles. The maximum absolute atomic E-state index is 5.58. The van der Waals surface area contributed by atoms with Crippen LogP contribution in [0.5, 0.6) is 0 Å². The van der Waals surface area contributed by atoms with Crippen molar-refractivity contribution in [2.75, 3.05) is 0 Å². The molecule has 0 unspecified atom stereocenters. The van der Waals surface area contributed by atoms with Crippen molar-refractivity contribution in [3.05, 3.63) is 0 Å². The lowest BCUT2D eigenvalue weighted by atomic mass is 10.6. The van der Waals surface area contributed by atoms with Crippen molar-refractivity contribution in [1.82, 2.24) is 0 Å². The molecule has 90 valence electrons. The van der Waals surface area contributed by atoms with Crippen LogP contribution in [-0.4, -0.2) is 33.4 Å². The molecule has 0 aromatic rings. The Morgan fingerprint density at radius 3 is 0.867 bits per heavy atom. The minimum atomic E-state index is -0.947. The van der Waals surface area contributed by atoms with E-state index >= 15 is 0 Å². The Labute approximate surface area is 117 Å². The Morgan fingerprint density at radius 2 is 0.733 bits per heavy atom. The van der Waals surface area contributed by atoms with Crippen molar-refractivity contribution in [2.24, 2.45) is 0 Å².